The van der Waals surface area contributed by atoms with E-state index in [1.807, 2.05) is 0 Å². The number of benzene rings is 4. The average Bonchev–Trinajstić information content (AvgIpc) is 3.44. The highest BCUT2D eigenvalue weighted by Gasteiger charge is 2.35. The summed E-state index contributed by atoms with van der Waals surface area (Å²) < 4.78 is 77.1. The predicted octanol–water partition coefficient (Wildman–Crippen LogP) is 8.24. The minimum atomic E-state index is -4.69. The Bertz CT molecular complexity index is 1880. The van der Waals surface area contributed by atoms with Gasteiger partial charge < -0.3 is 20.3 Å². The van der Waals surface area contributed by atoms with Gasteiger partial charge in [0.05, 0.1) is 5.69 Å². The van der Waals surface area contributed by atoms with Crippen molar-refractivity contribution in [1.29, 1.82) is 0 Å². The number of alkyl halides is 3. The summed E-state index contributed by atoms with van der Waals surface area (Å²) in [6.07, 6.45) is -4.69. The van der Waals surface area contributed by atoms with Crippen LogP contribution in [0.2, 0.25) is 0 Å². The SMILES string of the molecule is Nc1cc(Oc2ccc(F)cc2)cc(Oc2ccc(F)cc2)c1.O=C(O)c1cc2nc(-c3ccccc3)cc(C(F)(F)F)n2n1. The second-order valence-electron chi connectivity index (χ2n) is 9.34. The molecule has 0 saturated carbocycles. The van der Waals surface area contributed by atoms with Crippen molar-refractivity contribution >= 4 is 17.3 Å². The molecule has 0 radical (unpaired) electrons. The summed E-state index contributed by atoms with van der Waals surface area (Å²) in [5.74, 6) is -0.243. The molecule has 6 rings (SSSR count). The van der Waals surface area contributed by atoms with Gasteiger partial charge in [0, 0.05) is 35.5 Å². The number of aromatic carboxylic acids is 1. The standard InChI is InChI=1S/C18H13F2NO2.C14H8F3N3O2/c19-12-1-5-15(6-2-12)22-17-9-14(21)10-18(11-17)23-16-7-3-13(20)4-8-16;15-14(16,17)11-6-9(8-4-2-1-3-5-8)18-12-7-10(13(21)22)19-20(11)12/h1-11H,21H2;1-7H,(H,21,22). The van der Waals surface area contributed by atoms with E-state index in [1.165, 1.54) is 48.5 Å². The summed E-state index contributed by atoms with van der Waals surface area (Å²) in [6, 6.07) is 26.3. The molecule has 0 unspecified atom stereocenters. The molecule has 0 spiro atoms. The minimum absolute atomic E-state index is 0.0947. The van der Waals surface area contributed by atoms with Crippen LogP contribution in [0, 0.1) is 11.6 Å². The number of nitrogens with two attached hydrogens (primary N) is 1. The molecule has 0 aliphatic carbocycles. The van der Waals surface area contributed by atoms with Crippen LogP contribution in [0.25, 0.3) is 16.9 Å². The van der Waals surface area contributed by atoms with E-state index in [4.69, 9.17) is 20.3 Å². The summed E-state index contributed by atoms with van der Waals surface area (Å²) in [6.45, 7) is 0. The molecule has 3 N–H and O–H groups in total. The van der Waals surface area contributed by atoms with Crippen molar-refractivity contribution in [1.82, 2.24) is 14.6 Å². The fraction of sp³-hybridized carbons (Fsp3) is 0.0312. The number of carboxylic acids is 1. The molecule has 0 bridgehead atoms. The van der Waals surface area contributed by atoms with Gasteiger partial charge in [0.15, 0.2) is 17.0 Å². The number of carbonyl (C=O) groups is 1. The summed E-state index contributed by atoms with van der Waals surface area (Å²) in [7, 11) is 0. The first kappa shape index (κ1) is 30.5. The van der Waals surface area contributed by atoms with Gasteiger partial charge in [-0.05, 0) is 54.6 Å². The summed E-state index contributed by atoms with van der Waals surface area (Å²) >= 11 is 0. The van der Waals surface area contributed by atoms with Crippen molar-refractivity contribution in [3.8, 4) is 34.3 Å². The van der Waals surface area contributed by atoms with Gasteiger partial charge in [-0.2, -0.15) is 18.3 Å². The second kappa shape index (κ2) is 12.7. The third-order valence-electron chi connectivity index (χ3n) is 6.01. The van der Waals surface area contributed by atoms with Crippen LogP contribution >= 0.6 is 0 Å². The molecule has 0 fully saturated rings. The number of halogens is 5. The van der Waals surface area contributed by atoms with Crippen molar-refractivity contribution in [3.05, 3.63) is 132 Å². The van der Waals surface area contributed by atoms with E-state index in [1.54, 1.807) is 48.5 Å². The van der Waals surface area contributed by atoms with Gasteiger partial charge in [-0.1, -0.05) is 30.3 Å². The summed E-state index contributed by atoms with van der Waals surface area (Å²) in [4.78, 5) is 15.0. The Morgan fingerprint density at radius 3 is 1.76 bits per heavy atom. The average molecular weight is 621 g/mol. The van der Waals surface area contributed by atoms with Crippen molar-refractivity contribution < 1.29 is 41.3 Å². The van der Waals surface area contributed by atoms with Gasteiger partial charge in [0.2, 0.25) is 0 Å². The molecule has 0 amide bonds. The van der Waals surface area contributed by atoms with Gasteiger partial charge in [0.25, 0.3) is 0 Å². The molecule has 8 nitrogen and oxygen atoms in total. The Hall–Kier alpha value is -5.98. The number of aromatic nitrogens is 3. The number of hydrogen-bond donors (Lipinski definition) is 2. The number of anilines is 1. The topological polar surface area (TPSA) is 112 Å². The predicted molar refractivity (Wildman–Crippen MR) is 154 cm³/mol. The lowest BCUT2D eigenvalue weighted by molar-refractivity contribution is -0.142. The van der Waals surface area contributed by atoms with Gasteiger partial charge in [-0.3, -0.25) is 0 Å². The molecule has 0 aliphatic rings. The second-order valence-corrected chi connectivity index (χ2v) is 9.34. The van der Waals surface area contributed by atoms with E-state index in [9.17, 15) is 26.7 Å². The normalized spacial score (nSPS) is 11.0. The van der Waals surface area contributed by atoms with Crippen LogP contribution < -0.4 is 15.2 Å². The van der Waals surface area contributed by atoms with E-state index in [2.05, 4.69) is 10.1 Å². The molecule has 4 aromatic carbocycles. The van der Waals surface area contributed by atoms with Crippen LogP contribution in [-0.2, 0) is 6.18 Å². The third-order valence-corrected chi connectivity index (χ3v) is 6.01. The summed E-state index contributed by atoms with van der Waals surface area (Å²) in [5.41, 5.74) is 5.12. The van der Waals surface area contributed by atoms with E-state index in [0.29, 0.717) is 38.8 Å². The van der Waals surface area contributed by atoms with Crippen molar-refractivity contribution in [2.75, 3.05) is 5.73 Å². The van der Waals surface area contributed by atoms with Gasteiger partial charge >= 0.3 is 12.1 Å². The number of fused-ring (bicyclic) bond motifs is 1. The molecule has 228 valence electrons. The fourth-order valence-electron chi connectivity index (χ4n) is 4.03. The smallest absolute Gasteiger partial charge is 0.433 e. The van der Waals surface area contributed by atoms with Crippen LogP contribution in [0.5, 0.6) is 23.0 Å². The molecule has 2 aromatic heterocycles. The Labute approximate surface area is 251 Å². The highest BCUT2D eigenvalue weighted by molar-refractivity contribution is 5.86. The van der Waals surface area contributed by atoms with E-state index in [-0.39, 0.29) is 23.0 Å². The molecular weight excluding hydrogens is 599 g/mol. The minimum Gasteiger partial charge on any atom is -0.476 e. The van der Waals surface area contributed by atoms with E-state index < -0.39 is 23.5 Å². The van der Waals surface area contributed by atoms with Crippen molar-refractivity contribution in [3.63, 3.8) is 0 Å². The summed E-state index contributed by atoms with van der Waals surface area (Å²) in [5, 5.41) is 12.3. The maximum absolute atomic E-state index is 13.2. The lowest BCUT2D eigenvalue weighted by Crippen LogP contribution is -2.14. The molecule has 2 heterocycles. The Morgan fingerprint density at radius 2 is 1.27 bits per heavy atom. The lowest BCUT2D eigenvalue weighted by Gasteiger charge is -2.10. The zero-order chi connectivity index (χ0) is 32.1. The maximum atomic E-state index is 13.2. The molecular formula is C32H21F5N4O4. The number of nitrogen functional groups attached to an aromatic ring is 1. The number of ether oxygens (including phenoxy) is 2. The first-order chi connectivity index (χ1) is 21.4. The zero-order valence-electron chi connectivity index (χ0n) is 22.9. The monoisotopic (exact) mass is 620 g/mol. The Morgan fingerprint density at radius 1 is 0.733 bits per heavy atom. The molecule has 6 aromatic rings. The zero-order valence-corrected chi connectivity index (χ0v) is 22.9. The van der Waals surface area contributed by atoms with Crippen LogP contribution in [0.4, 0.5) is 27.6 Å². The first-order valence-electron chi connectivity index (χ1n) is 13.0. The quantitative estimate of drug-likeness (QED) is 0.142. The van der Waals surface area contributed by atoms with Crippen LogP contribution in [-0.4, -0.2) is 25.7 Å². The highest BCUT2D eigenvalue weighted by Crippen LogP contribution is 2.33. The van der Waals surface area contributed by atoms with Crippen molar-refractivity contribution in [2.45, 2.75) is 6.18 Å². The van der Waals surface area contributed by atoms with E-state index in [0.717, 1.165) is 12.1 Å². The van der Waals surface area contributed by atoms with Crippen LogP contribution in [0.1, 0.15) is 16.2 Å². The number of carboxylic acid groups (broad SMARTS) is 1. The van der Waals surface area contributed by atoms with Gasteiger partial charge in [-0.15, -0.1) is 0 Å². The van der Waals surface area contributed by atoms with Gasteiger partial charge in [-0.25, -0.2) is 23.1 Å². The molecule has 0 saturated heterocycles. The number of nitrogens with zero attached hydrogens (tertiary/aromatic N) is 3. The lowest BCUT2D eigenvalue weighted by atomic mass is 10.1. The van der Waals surface area contributed by atoms with E-state index >= 15 is 0 Å². The third kappa shape index (κ3) is 7.70. The van der Waals surface area contributed by atoms with Gasteiger partial charge in [0.1, 0.15) is 34.6 Å². The number of hydrogen-bond acceptors (Lipinski definition) is 6. The largest absolute Gasteiger partial charge is 0.476 e. The molecule has 13 heteroatoms. The van der Waals surface area contributed by atoms with Crippen LogP contribution in [0.15, 0.2) is 109 Å². The molecule has 0 atom stereocenters. The van der Waals surface area contributed by atoms with Crippen LogP contribution in [0.3, 0.4) is 0 Å². The Kier molecular flexibility index (Phi) is 8.61. The van der Waals surface area contributed by atoms with Crippen molar-refractivity contribution in [2.24, 2.45) is 0 Å². The highest BCUT2D eigenvalue weighted by atomic mass is 19.4. The maximum Gasteiger partial charge on any atom is 0.433 e. The Balaban J connectivity index is 0.000000178. The molecule has 0 aliphatic heterocycles. The fourth-order valence-corrected chi connectivity index (χ4v) is 4.03. The number of rotatable bonds is 6. The molecule has 45 heavy (non-hydrogen) atoms. The first-order valence-corrected chi connectivity index (χ1v) is 13.0.